The molecule has 0 saturated carbocycles. The maximum absolute atomic E-state index is 14.8. The van der Waals surface area contributed by atoms with E-state index in [1.807, 2.05) is 94.5 Å². The van der Waals surface area contributed by atoms with Crippen molar-refractivity contribution in [1.82, 2.24) is 4.90 Å². The van der Waals surface area contributed by atoms with E-state index in [1.54, 1.807) is 14.7 Å². The molecule has 0 aromatic heterocycles. The number of amides is 3. The molecular weight excluding hydrogens is 570 g/mol. The lowest BCUT2D eigenvalue weighted by Gasteiger charge is -2.38. The Morgan fingerprint density at radius 2 is 1.56 bits per heavy atom. The highest BCUT2D eigenvalue weighted by Gasteiger charge is 2.75. The van der Waals surface area contributed by atoms with Crippen molar-refractivity contribution in [2.45, 2.75) is 64.2 Å². The zero-order valence-electron chi connectivity index (χ0n) is 26.6. The molecule has 2 saturated heterocycles. The van der Waals surface area contributed by atoms with E-state index in [2.05, 4.69) is 0 Å². The number of hydrogen-bond donors (Lipinski definition) is 1. The Bertz CT molecular complexity index is 1520. The van der Waals surface area contributed by atoms with Crippen LogP contribution in [0.1, 0.15) is 44.2 Å². The number of rotatable bonds is 9. The van der Waals surface area contributed by atoms with Crippen LogP contribution in [0.5, 0.6) is 5.75 Å². The highest BCUT2D eigenvalue weighted by molar-refractivity contribution is 6.08. The predicted molar refractivity (Wildman–Crippen MR) is 172 cm³/mol. The third kappa shape index (κ3) is 4.88. The van der Waals surface area contributed by atoms with Crippen LogP contribution in [0.15, 0.2) is 66.8 Å². The number of carbonyl (C=O) groups excluding carboxylic acids is 3. The number of hydrogen-bond acceptors (Lipinski definition) is 6. The number of ether oxygens (including phenoxy) is 2. The summed E-state index contributed by atoms with van der Waals surface area (Å²) in [5, 5.41) is 9.54. The van der Waals surface area contributed by atoms with Gasteiger partial charge in [-0.1, -0.05) is 49.4 Å². The molecule has 4 heterocycles. The molecule has 6 rings (SSSR count). The van der Waals surface area contributed by atoms with E-state index in [-0.39, 0.29) is 30.9 Å². The van der Waals surface area contributed by atoms with Gasteiger partial charge in [-0.25, -0.2) is 0 Å². The lowest BCUT2D eigenvalue weighted by Crippen LogP contribution is -2.56. The van der Waals surface area contributed by atoms with E-state index in [0.717, 1.165) is 16.8 Å². The number of aliphatic hydroxyl groups is 1. The molecule has 3 amide bonds. The topological polar surface area (TPSA) is 99.6 Å². The van der Waals surface area contributed by atoms with Crippen LogP contribution in [0.25, 0.3) is 0 Å². The third-order valence-electron chi connectivity index (χ3n) is 9.92. The Balaban J connectivity index is 1.46. The molecule has 1 unspecified atom stereocenters. The van der Waals surface area contributed by atoms with Crippen LogP contribution in [0.3, 0.4) is 0 Å². The van der Waals surface area contributed by atoms with Crippen LogP contribution >= 0.6 is 0 Å². The molecule has 0 bridgehead atoms. The fraction of sp³-hybridized carbons (Fsp3) is 0.472. The van der Waals surface area contributed by atoms with Gasteiger partial charge in [0.2, 0.25) is 11.8 Å². The first-order chi connectivity index (χ1) is 21.7. The number of aryl methyl sites for hydroxylation is 2. The molecule has 4 aliphatic rings. The zero-order valence-corrected chi connectivity index (χ0v) is 26.6. The Morgan fingerprint density at radius 1 is 0.867 bits per heavy atom. The second-order valence-electron chi connectivity index (χ2n) is 12.5. The van der Waals surface area contributed by atoms with Crippen molar-refractivity contribution >= 4 is 29.1 Å². The lowest BCUT2D eigenvalue weighted by molar-refractivity contribution is -0.145. The van der Waals surface area contributed by atoms with Gasteiger partial charge >= 0.3 is 0 Å². The average Bonchev–Trinajstić information content (AvgIpc) is 3.31. The minimum Gasteiger partial charge on any atom is -0.494 e. The molecule has 45 heavy (non-hydrogen) atoms. The summed E-state index contributed by atoms with van der Waals surface area (Å²) in [5.74, 6) is -1.69. The highest BCUT2D eigenvalue weighted by Crippen LogP contribution is 2.59. The molecular formula is C36H43N3O6. The number of para-hydroxylation sites is 1. The lowest BCUT2D eigenvalue weighted by atomic mass is 9.73. The van der Waals surface area contributed by atoms with Crippen LogP contribution in [0.2, 0.25) is 0 Å². The summed E-state index contributed by atoms with van der Waals surface area (Å²) >= 11 is 0. The molecule has 5 atom stereocenters. The summed E-state index contributed by atoms with van der Waals surface area (Å²) in [5.41, 5.74) is 1.06. The van der Waals surface area contributed by atoms with Crippen molar-refractivity contribution < 1.29 is 29.0 Å². The maximum Gasteiger partial charge on any atom is 0.253 e. The average molecular weight is 614 g/mol. The first kappa shape index (κ1) is 31.0. The molecule has 9 nitrogen and oxygen atoms in total. The number of unbranched alkanes of at least 4 members (excludes halogenated alkanes) is 1. The molecule has 2 fully saturated rings. The number of aliphatic hydroxyl groups excluding tert-OH is 1. The standard InChI is InChI=1S/C36H43N3O6/c1-5-35-18-10-21-37(26-14-16-27(17-15-26)44-6-2)32(41)28(35)29-33(42)39(20-7-8-23-40)31-34(43)38(22-11-19-36(29,31)45-35)30-24(3)12-9-13-25(30)4/h9-19,28-29,31,40H,5-8,20-23H2,1-4H3/t28-,29-,31?,35+,36-/m0/s1. The van der Waals surface area contributed by atoms with E-state index in [4.69, 9.17) is 9.47 Å². The molecule has 0 aliphatic carbocycles. The van der Waals surface area contributed by atoms with E-state index < -0.39 is 29.1 Å². The molecule has 238 valence electrons. The molecule has 2 aromatic carbocycles. The second kappa shape index (κ2) is 12.1. The first-order valence-corrected chi connectivity index (χ1v) is 16.1. The van der Waals surface area contributed by atoms with Crippen LogP contribution in [-0.2, 0) is 19.1 Å². The monoisotopic (exact) mass is 613 g/mol. The van der Waals surface area contributed by atoms with Gasteiger partial charge in [-0.15, -0.1) is 0 Å². The Kier molecular flexibility index (Phi) is 8.35. The van der Waals surface area contributed by atoms with Crippen molar-refractivity contribution in [3.8, 4) is 5.75 Å². The largest absolute Gasteiger partial charge is 0.494 e. The summed E-state index contributed by atoms with van der Waals surface area (Å²) in [4.78, 5) is 49.3. The van der Waals surface area contributed by atoms with Crippen molar-refractivity contribution in [3.05, 3.63) is 77.9 Å². The number of likely N-dealkylation sites (tertiary alicyclic amines) is 1. The van der Waals surface area contributed by atoms with Crippen LogP contribution in [-0.4, -0.2) is 77.8 Å². The van der Waals surface area contributed by atoms with Gasteiger partial charge in [-0.3, -0.25) is 14.4 Å². The molecule has 0 radical (unpaired) electrons. The molecule has 4 aliphatic heterocycles. The number of fused-ring (bicyclic) bond motifs is 2. The summed E-state index contributed by atoms with van der Waals surface area (Å²) in [6.45, 7) is 9.32. The summed E-state index contributed by atoms with van der Waals surface area (Å²) in [7, 11) is 0. The minimum absolute atomic E-state index is 0.0119. The van der Waals surface area contributed by atoms with Crippen molar-refractivity contribution in [2.24, 2.45) is 11.8 Å². The Morgan fingerprint density at radius 3 is 2.22 bits per heavy atom. The van der Waals surface area contributed by atoms with Crippen molar-refractivity contribution in [1.29, 1.82) is 0 Å². The number of benzene rings is 2. The Hall–Kier alpha value is -3.95. The smallest absolute Gasteiger partial charge is 0.253 e. The zero-order chi connectivity index (χ0) is 31.9. The third-order valence-corrected chi connectivity index (χ3v) is 9.92. The normalized spacial score (nSPS) is 29.0. The summed E-state index contributed by atoms with van der Waals surface area (Å²) in [6.07, 6.45) is 9.19. The predicted octanol–water partition coefficient (Wildman–Crippen LogP) is 4.34. The van der Waals surface area contributed by atoms with E-state index in [1.165, 1.54) is 0 Å². The number of carbonyl (C=O) groups is 3. The van der Waals surface area contributed by atoms with Gasteiger partial charge in [0.05, 0.1) is 24.0 Å². The SMILES string of the molecule is CCOc1ccc(N2CC=C[C@@]3(CC)O[C@]45C=CCN(c6c(C)cccc6C)C(=O)C4N(CCCCO)C(=O)[C@@H]5[C@H]3C2=O)cc1. The molecule has 1 spiro atoms. The van der Waals surface area contributed by atoms with Gasteiger partial charge in [-0.2, -0.15) is 0 Å². The second-order valence-corrected chi connectivity index (χ2v) is 12.5. The highest BCUT2D eigenvalue weighted by atomic mass is 16.5. The summed E-state index contributed by atoms with van der Waals surface area (Å²) in [6, 6.07) is 12.4. The number of anilines is 2. The van der Waals surface area contributed by atoms with E-state index in [9.17, 15) is 19.5 Å². The van der Waals surface area contributed by atoms with Crippen LogP contribution in [0, 0.1) is 25.7 Å². The fourth-order valence-corrected chi connectivity index (χ4v) is 7.95. The summed E-state index contributed by atoms with van der Waals surface area (Å²) < 4.78 is 12.7. The number of nitrogens with zero attached hydrogens (tertiary/aromatic N) is 3. The van der Waals surface area contributed by atoms with Crippen molar-refractivity contribution in [3.63, 3.8) is 0 Å². The van der Waals surface area contributed by atoms with Crippen molar-refractivity contribution in [2.75, 3.05) is 42.6 Å². The molecule has 9 heteroatoms. The van der Waals surface area contributed by atoms with Crippen LogP contribution in [0.4, 0.5) is 11.4 Å². The van der Waals surface area contributed by atoms with Gasteiger partial charge in [0.1, 0.15) is 17.4 Å². The van der Waals surface area contributed by atoms with E-state index in [0.29, 0.717) is 50.4 Å². The Labute approximate surface area is 265 Å². The van der Waals surface area contributed by atoms with Gasteiger partial charge in [-0.05, 0) is 75.4 Å². The van der Waals surface area contributed by atoms with Gasteiger partial charge in [0, 0.05) is 37.6 Å². The quantitative estimate of drug-likeness (QED) is 0.334. The van der Waals surface area contributed by atoms with Gasteiger partial charge < -0.3 is 29.3 Å². The van der Waals surface area contributed by atoms with Gasteiger partial charge in [0.15, 0.2) is 0 Å². The van der Waals surface area contributed by atoms with Crippen LogP contribution < -0.4 is 14.5 Å². The fourth-order valence-electron chi connectivity index (χ4n) is 7.95. The van der Waals surface area contributed by atoms with E-state index >= 15 is 0 Å². The van der Waals surface area contributed by atoms with Gasteiger partial charge in [0.25, 0.3) is 5.91 Å². The molecule has 1 N–H and O–H groups in total. The maximum atomic E-state index is 14.8. The molecule has 2 aromatic rings. The first-order valence-electron chi connectivity index (χ1n) is 16.1. The minimum atomic E-state index is -1.33.